The topological polar surface area (TPSA) is 58.4 Å². The molecule has 0 bridgehead atoms. The molecule has 1 aliphatic carbocycles. The Morgan fingerprint density at radius 3 is 2.58 bits per heavy atom. The fourth-order valence-electron chi connectivity index (χ4n) is 3.47. The van der Waals surface area contributed by atoms with Gasteiger partial charge in [0, 0.05) is 25.2 Å². The Morgan fingerprint density at radius 2 is 1.95 bits per heavy atom. The molecule has 0 radical (unpaired) electrons. The molecule has 110 valence electrons. The van der Waals surface area contributed by atoms with E-state index in [1.165, 1.54) is 12.8 Å². The van der Waals surface area contributed by atoms with Gasteiger partial charge in [-0.05, 0) is 24.2 Å². The average molecular weight is 267 g/mol. The van der Waals surface area contributed by atoms with E-state index < -0.39 is 0 Å². The molecular formula is C15H29N3O. The lowest BCUT2D eigenvalue weighted by molar-refractivity contribution is -0.123. The first-order valence-electron chi connectivity index (χ1n) is 7.74. The van der Waals surface area contributed by atoms with Crippen LogP contribution in [0.15, 0.2) is 0 Å². The predicted molar refractivity (Wildman–Crippen MR) is 77.7 cm³/mol. The van der Waals surface area contributed by atoms with Gasteiger partial charge in [-0.25, -0.2) is 0 Å². The third-order valence-corrected chi connectivity index (χ3v) is 5.17. The van der Waals surface area contributed by atoms with Gasteiger partial charge in [-0.1, -0.05) is 33.6 Å². The van der Waals surface area contributed by atoms with Gasteiger partial charge in [0.05, 0.1) is 6.54 Å². The molecule has 4 nitrogen and oxygen atoms in total. The number of nitrogens with one attached hydrogen (secondary N) is 1. The molecule has 2 rings (SSSR count). The summed E-state index contributed by atoms with van der Waals surface area (Å²) >= 11 is 0. The van der Waals surface area contributed by atoms with Gasteiger partial charge in [0.2, 0.25) is 5.91 Å². The van der Waals surface area contributed by atoms with Gasteiger partial charge >= 0.3 is 0 Å². The second-order valence-electron chi connectivity index (χ2n) is 6.78. The number of hydrogen-bond donors (Lipinski definition) is 2. The third-order valence-electron chi connectivity index (χ3n) is 5.17. The van der Waals surface area contributed by atoms with Crippen molar-refractivity contribution in [2.24, 2.45) is 23.5 Å². The number of rotatable bonds is 3. The van der Waals surface area contributed by atoms with Crippen molar-refractivity contribution in [3.8, 4) is 0 Å². The number of nitrogens with two attached hydrogens (primary N) is 1. The second kappa shape index (κ2) is 6.23. The van der Waals surface area contributed by atoms with Crippen LogP contribution in [0.1, 0.15) is 40.0 Å². The van der Waals surface area contributed by atoms with Gasteiger partial charge in [0.1, 0.15) is 0 Å². The normalized spacial score (nSPS) is 40.3. The quantitative estimate of drug-likeness (QED) is 0.808. The summed E-state index contributed by atoms with van der Waals surface area (Å²) in [5, 5.41) is 3.23. The number of carbonyl (C=O) groups excluding carboxylic acids is 1. The van der Waals surface area contributed by atoms with Gasteiger partial charge in [-0.3, -0.25) is 9.69 Å². The molecule has 1 amide bonds. The fraction of sp³-hybridized carbons (Fsp3) is 0.933. The molecule has 5 atom stereocenters. The minimum atomic E-state index is 0.173. The van der Waals surface area contributed by atoms with Gasteiger partial charge < -0.3 is 11.1 Å². The van der Waals surface area contributed by atoms with E-state index in [9.17, 15) is 4.79 Å². The van der Waals surface area contributed by atoms with Crippen LogP contribution in [0.3, 0.4) is 0 Å². The molecule has 0 spiro atoms. The highest BCUT2D eigenvalue weighted by atomic mass is 16.2. The summed E-state index contributed by atoms with van der Waals surface area (Å²) in [6.07, 6.45) is 3.67. The monoisotopic (exact) mass is 267 g/mol. The highest BCUT2D eigenvalue weighted by Crippen LogP contribution is 2.29. The van der Waals surface area contributed by atoms with Crippen LogP contribution >= 0.6 is 0 Å². The maximum absolute atomic E-state index is 12.1. The molecule has 1 saturated carbocycles. The first-order chi connectivity index (χ1) is 8.97. The highest BCUT2D eigenvalue weighted by Gasteiger charge is 2.30. The molecule has 19 heavy (non-hydrogen) atoms. The maximum atomic E-state index is 12.1. The molecule has 0 aromatic rings. The summed E-state index contributed by atoms with van der Waals surface area (Å²) in [4.78, 5) is 14.3. The summed E-state index contributed by atoms with van der Waals surface area (Å²) in [6.45, 7) is 9.03. The Hall–Kier alpha value is -0.610. The Morgan fingerprint density at radius 1 is 1.21 bits per heavy atom. The van der Waals surface area contributed by atoms with Crippen molar-refractivity contribution in [2.75, 3.05) is 19.6 Å². The van der Waals surface area contributed by atoms with E-state index in [2.05, 4.69) is 31.0 Å². The van der Waals surface area contributed by atoms with E-state index in [-0.39, 0.29) is 11.9 Å². The van der Waals surface area contributed by atoms with Gasteiger partial charge in [0.25, 0.3) is 0 Å². The van der Waals surface area contributed by atoms with Crippen molar-refractivity contribution in [1.82, 2.24) is 10.2 Å². The smallest absolute Gasteiger partial charge is 0.234 e. The van der Waals surface area contributed by atoms with E-state index in [1.54, 1.807) is 0 Å². The van der Waals surface area contributed by atoms with Crippen molar-refractivity contribution in [3.05, 3.63) is 0 Å². The van der Waals surface area contributed by atoms with Crippen molar-refractivity contribution >= 4 is 5.91 Å². The van der Waals surface area contributed by atoms with Gasteiger partial charge in [0.15, 0.2) is 0 Å². The molecule has 2 fully saturated rings. The second-order valence-corrected chi connectivity index (χ2v) is 6.78. The number of nitrogens with zero attached hydrogens (tertiary/aromatic N) is 1. The molecule has 5 unspecified atom stereocenters. The van der Waals surface area contributed by atoms with Crippen LogP contribution in [0.4, 0.5) is 0 Å². The predicted octanol–water partition coefficient (Wildman–Crippen LogP) is 1.21. The minimum absolute atomic E-state index is 0.173. The molecular weight excluding hydrogens is 238 g/mol. The summed E-state index contributed by atoms with van der Waals surface area (Å²) in [5.41, 5.74) is 6.00. The average Bonchev–Trinajstić information content (AvgIpc) is 2.64. The lowest BCUT2D eigenvalue weighted by Crippen LogP contribution is -2.47. The third kappa shape index (κ3) is 3.69. The number of likely N-dealkylation sites (tertiary alicyclic amines) is 1. The first kappa shape index (κ1) is 14.8. The molecule has 1 saturated heterocycles. The van der Waals surface area contributed by atoms with Crippen LogP contribution in [0, 0.1) is 17.8 Å². The highest BCUT2D eigenvalue weighted by molar-refractivity contribution is 5.78. The van der Waals surface area contributed by atoms with Crippen LogP contribution < -0.4 is 11.1 Å². The van der Waals surface area contributed by atoms with E-state index in [1.807, 2.05) is 0 Å². The van der Waals surface area contributed by atoms with Crippen molar-refractivity contribution < 1.29 is 4.79 Å². The fourth-order valence-corrected chi connectivity index (χ4v) is 3.47. The van der Waals surface area contributed by atoms with Crippen LogP contribution in [0.25, 0.3) is 0 Å². The number of hydrogen-bond acceptors (Lipinski definition) is 3. The maximum Gasteiger partial charge on any atom is 0.234 e. The van der Waals surface area contributed by atoms with Crippen LogP contribution in [0.5, 0.6) is 0 Å². The van der Waals surface area contributed by atoms with E-state index in [0.717, 1.165) is 25.4 Å². The van der Waals surface area contributed by atoms with Gasteiger partial charge in [-0.15, -0.1) is 0 Å². The van der Waals surface area contributed by atoms with Crippen molar-refractivity contribution in [1.29, 1.82) is 0 Å². The molecule has 1 aliphatic heterocycles. The molecule has 4 heteroatoms. The summed E-state index contributed by atoms with van der Waals surface area (Å²) in [5.74, 6) is 1.99. The van der Waals surface area contributed by atoms with Crippen LogP contribution in [-0.4, -0.2) is 42.5 Å². The largest absolute Gasteiger partial charge is 0.352 e. The minimum Gasteiger partial charge on any atom is -0.352 e. The van der Waals surface area contributed by atoms with Crippen LogP contribution in [0.2, 0.25) is 0 Å². The number of amides is 1. The molecule has 0 aromatic carbocycles. The summed E-state index contributed by atoms with van der Waals surface area (Å²) in [7, 11) is 0. The van der Waals surface area contributed by atoms with Crippen molar-refractivity contribution in [3.63, 3.8) is 0 Å². The first-order valence-corrected chi connectivity index (χ1v) is 7.74. The molecule has 0 aromatic heterocycles. The lowest BCUT2D eigenvalue weighted by atomic mass is 9.78. The Bertz CT molecular complexity index is 311. The SMILES string of the molecule is CC1CN(CC(=O)NC2CCCC(C)C2C)CC1N. The van der Waals surface area contributed by atoms with E-state index in [4.69, 9.17) is 5.73 Å². The zero-order valence-electron chi connectivity index (χ0n) is 12.6. The Labute approximate surface area is 117 Å². The standard InChI is InChI=1S/C15H29N3O/c1-10-5-4-6-14(12(10)3)17-15(19)9-18-7-11(2)13(16)8-18/h10-14H,4-9,16H2,1-3H3,(H,17,19). The van der Waals surface area contributed by atoms with Crippen molar-refractivity contribution in [2.45, 2.75) is 52.1 Å². The Balaban J connectivity index is 1.78. The number of carbonyl (C=O) groups is 1. The lowest BCUT2D eigenvalue weighted by Gasteiger charge is -2.35. The van der Waals surface area contributed by atoms with E-state index >= 15 is 0 Å². The van der Waals surface area contributed by atoms with Crippen LogP contribution in [-0.2, 0) is 4.79 Å². The molecule has 1 heterocycles. The molecule has 2 aliphatic rings. The summed E-state index contributed by atoms with van der Waals surface area (Å²) < 4.78 is 0. The molecule has 3 N–H and O–H groups in total. The summed E-state index contributed by atoms with van der Waals surface area (Å²) in [6, 6.07) is 0.589. The van der Waals surface area contributed by atoms with Gasteiger partial charge in [-0.2, -0.15) is 0 Å². The zero-order chi connectivity index (χ0) is 14.0. The van der Waals surface area contributed by atoms with E-state index in [0.29, 0.717) is 24.4 Å². The Kier molecular flexibility index (Phi) is 4.85. The zero-order valence-corrected chi connectivity index (χ0v) is 12.6.